The number of alkyl halides is 4. The smallest absolute Gasteiger partial charge is 0.419 e. The molecule has 8 nitrogen and oxygen atoms in total. The van der Waals surface area contributed by atoms with Crippen molar-refractivity contribution in [1.29, 1.82) is 0 Å². The fourth-order valence-corrected chi connectivity index (χ4v) is 2.85. The summed E-state index contributed by atoms with van der Waals surface area (Å²) in [5.74, 6) is -0.814. The lowest BCUT2D eigenvalue weighted by atomic mass is 10.1. The highest BCUT2D eigenvalue weighted by Crippen LogP contribution is 2.38. The molecule has 164 valence electrons. The van der Waals surface area contributed by atoms with E-state index in [4.69, 9.17) is 5.73 Å². The Balaban J connectivity index is 2.02. The molecule has 0 saturated heterocycles. The first-order chi connectivity index (χ1) is 14.6. The lowest BCUT2D eigenvalue weighted by Gasteiger charge is -2.17. The Morgan fingerprint density at radius 2 is 1.94 bits per heavy atom. The number of ether oxygens (including phenoxy) is 1. The number of amides is 1. The number of anilines is 4. The Kier molecular flexibility index (Phi) is 5.99. The van der Waals surface area contributed by atoms with E-state index in [0.29, 0.717) is 17.6 Å². The summed E-state index contributed by atoms with van der Waals surface area (Å²) in [4.78, 5) is 15.6. The van der Waals surface area contributed by atoms with Crippen molar-refractivity contribution in [2.45, 2.75) is 13.1 Å². The van der Waals surface area contributed by atoms with Crippen LogP contribution in [0.2, 0.25) is 0 Å². The third kappa shape index (κ3) is 5.02. The molecule has 1 aromatic carbocycles. The van der Waals surface area contributed by atoms with Crippen LogP contribution in [0.5, 0.6) is 5.75 Å². The topological polar surface area (TPSA) is 107 Å². The van der Waals surface area contributed by atoms with Crippen molar-refractivity contribution in [2.24, 2.45) is 12.8 Å². The number of nitrogens with two attached hydrogens (primary N) is 1. The van der Waals surface area contributed by atoms with Crippen LogP contribution in [-0.4, -0.2) is 27.5 Å². The molecular weight excluding hydrogens is 420 g/mol. The lowest BCUT2D eigenvalue weighted by molar-refractivity contribution is -0.137. The van der Waals surface area contributed by atoms with Gasteiger partial charge in [-0.2, -0.15) is 18.3 Å². The number of rotatable bonds is 7. The second-order valence-electron chi connectivity index (χ2n) is 6.49. The highest BCUT2D eigenvalue weighted by Gasteiger charge is 2.34. The van der Waals surface area contributed by atoms with Crippen molar-refractivity contribution < 1.29 is 27.1 Å². The van der Waals surface area contributed by atoms with E-state index < -0.39 is 24.5 Å². The van der Waals surface area contributed by atoms with Crippen molar-refractivity contribution in [2.75, 3.05) is 17.5 Å². The largest absolute Gasteiger partial charge is 0.463 e. The summed E-state index contributed by atoms with van der Waals surface area (Å²) in [5.41, 5.74) is 4.90. The Labute approximate surface area is 174 Å². The van der Waals surface area contributed by atoms with Gasteiger partial charge in [0.25, 0.3) is 5.91 Å². The van der Waals surface area contributed by atoms with Crippen molar-refractivity contribution in [3.63, 3.8) is 0 Å². The van der Waals surface area contributed by atoms with E-state index in [-0.39, 0.29) is 28.5 Å². The van der Waals surface area contributed by atoms with Crippen LogP contribution in [0.4, 0.5) is 40.4 Å². The molecule has 3 aromatic rings. The molecule has 0 atom stereocenters. The Morgan fingerprint density at radius 1 is 1.19 bits per heavy atom. The molecule has 0 aliphatic heterocycles. The van der Waals surface area contributed by atoms with E-state index in [1.54, 1.807) is 24.9 Å². The molecule has 0 spiro atoms. The molecule has 0 unspecified atom stereocenters. The van der Waals surface area contributed by atoms with E-state index in [1.165, 1.54) is 12.1 Å². The Morgan fingerprint density at radius 3 is 2.52 bits per heavy atom. The maximum absolute atomic E-state index is 13.5. The van der Waals surface area contributed by atoms with E-state index in [1.807, 2.05) is 0 Å². The Hall–Kier alpha value is -3.83. The first-order valence-corrected chi connectivity index (χ1v) is 8.82. The Bertz CT molecular complexity index is 1110. The van der Waals surface area contributed by atoms with Gasteiger partial charge in [0.1, 0.15) is 11.6 Å². The number of carbonyl (C=O) groups is 1. The number of hydrogen-bond donors (Lipinski definition) is 3. The van der Waals surface area contributed by atoms with Crippen LogP contribution in [-0.2, 0) is 13.2 Å². The SMILES string of the molecule is Cc1nn(C)cc1Nc1cc(Nc2ccc(OCF)cc2C(N)=O)c(C(F)(F)F)cn1. The van der Waals surface area contributed by atoms with Gasteiger partial charge in [0.15, 0.2) is 0 Å². The van der Waals surface area contributed by atoms with Gasteiger partial charge in [0.05, 0.1) is 33.9 Å². The van der Waals surface area contributed by atoms with Crippen molar-refractivity contribution in [3.05, 3.63) is 53.5 Å². The van der Waals surface area contributed by atoms with Gasteiger partial charge in [-0.1, -0.05) is 0 Å². The zero-order valence-corrected chi connectivity index (χ0v) is 16.4. The van der Waals surface area contributed by atoms with Gasteiger partial charge >= 0.3 is 6.18 Å². The van der Waals surface area contributed by atoms with E-state index >= 15 is 0 Å². The molecule has 2 heterocycles. The van der Waals surface area contributed by atoms with Gasteiger partial charge in [0.2, 0.25) is 6.86 Å². The number of nitrogens with zero attached hydrogens (tertiary/aromatic N) is 3. The lowest BCUT2D eigenvalue weighted by Crippen LogP contribution is -2.15. The molecule has 4 N–H and O–H groups in total. The molecule has 2 aromatic heterocycles. The third-order valence-corrected chi connectivity index (χ3v) is 4.23. The van der Waals surface area contributed by atoms with Crippen LogP contribution in [0.15, 0.2) is 36.7 Å². The maximum Gasteiger partial charge on any atom is 0.419 e. The number of primary amides is 1. The first-order valence-electron chi connectivity index (χ1n) is 8.82. The molecular formula is C19H18F4N6O2. The van der Waals surface area contributed by atoms with Crippen molar-refractivity contribution >= 4 is 28.8 Å². The molecule has 0 fully saturated rings. The fraction of sp³-hybridized carbons (Fsp3) is 0.211. The number of carbonyl (C=O) groups excluding carboxylic acids is 1. The molecule has 0 bridgehead atoms. The molecule has 0 saturated carbocycles. The summed E-state index contributed by atoms with van der Waals surface area (Å²) < 4.78 is 59.2. The summed E-state index contributed by atoms with van der Waals surface area (Å²) in [7, 11) is 1.70. The minimum absolute atomic E-state index is 0.00188. The van der Waals surface area contributed by atoms with Gasteiger partial charge in [-0.05, 0) is 25.1 Å². The summed E-state index contributed by atoms with van der Waals surface area (Å²) in [6.07, 6.45) is -2.40. The van der Waals surface area contributed by atoms with Gasteiger partial charge in [-0.25, -0.2) is 9.37 Å². The van der Waals surface area contributed by atoms with Gasteiger partial charge in [0, 0.05) is 25.5 Å². The summed E-state index contributed by atoms with van der Waals surface area (Å²) in [6.45, 7) is 0.585. The van der Waals surface area contributed by atoms with Crippen LogP contribution < -0.4 is 21.1 Å². The number of halogens is 4. The average molecular weight is 438 g/mol. The number of benzene rings is 1. The maximum atomic E-state index is 13.5. The monoisotopic (exact) mass is 438 g/mol. The van der Waals surface area contributed by atoms with Crippen molar-refractivity contribution in [1.82, 2.24) is 14.8 Å². The number of hydrogen-bond acceptors (Lipinski definition) is 6. The number of aryl methyl sites for hydroxylation is 2. The summed E-state index contributed by atoms with van der Waals surface area (Å²) in [6, 6.07) is 4.84. The summed E-state index contributed by atoms with van der Waals surface area (Å²) in [5, 5.41) is 9.63. The quantitative estimate of drug-likeness (QED) is 0.481. The van der Waals surface area contributed by atoms with Crippen LogP contribution in [0.3, 0.4) is 0 Å². The minimum atomic E-state index is -4.72. The molecule has 31 heavy (non-hydrogen) atoms. The zero-order valence-electron chi connectivity index (χ0n) is 16.4. The first kappa shape index (κ1) is 21.9. The predicted molar refractivity (Wildman–Crippen MR) is 105 cm³/mol. The number of aromatic nitrogens is 3. The van der Waals surface area contributed by atoms with Crippen LogP contribution in [0.25, 0.3) is 0 Å². The predicted octanol–water partition coefficient (Wildman–Crippen LogP) is 4.03. The molecule has 0 aliphatic rings. The standard InChI is InChI=1S/C19H18F4N6O2/c1-10-16(8-29(2)28-10)27-17-6-15(13(7-25-17)19(21,22)23)26-14-4-3-11(31-9-20)5-12(14)18(24)30/h3-8H,9H2,1-2H3,(H2,24,30)(H2,25,26,27). The average Bonchev–Trinajstić information content (AvgIpc) is 2.99. The van der Waals surface area contributed by atoms with Gasteiger partial charge in [-0.15, -0.1) is 0 Å². The molecule has 12 heteroatoms. The van der Waals surface area contributed by atoms with Crippen LogP contribution >= 0.6 is 0 Å². The van der Waals surface area contributed by atoms with Crippen molar-refractivity contribution in [3.8, 4) is 5.75 Å². The fourth-order valence-electron chi connectivity index (χ4n) is 2.85. The van der Waals surface area contributed by atoms with Crippen LogP contribution in [0, 0.1) is 6.92 Å². The molecule has 0 radical (unpaired) electrons. The van der Waals surface area contributed by atoms with E-state index in [2.05, 4.69) is 25.5 Å². The minimum Gasteiger partial charge on any atom is -0.463 e. The number of nitrogens with one attached hydrogen (secondary N) is 2. The van der Waals surface area contributed by atoms with Crippen LogP contribution in [0.1, 0.15) is 21.6 Å². The van der Waals surface area contributed by atoms with E-state index in [0.717, 1.165) is 12.1 Å². The second kappa shape index (κ2) is 8.50. The third-order valence-electron chi connectivity index (χ3n) is 4.23. The zero-order chi connectivity index (χ0) is 22.8. The molecule has 3 rings (SSSR count). The summed E-state index contributed by atoms with van der Waals surface area (Å²) >= 11 is 0. The molecule has 0 aliphatic carbocycles. The van der Waals surface area contributed by atoms with Gasteiger partial charge in [-0.3, -0.25) is 9.48 Å². The van der Waals surface area contributed by atoms with Gasteiger partial charge < -0.3 is 21.1 Å². The second-order valence-corrected chi connectivity index (χ2v) is 6.49. The highest BCUT2D eigenvalue weighted by molar-refractivity contribution is 5.99. The normalized spacial score (nSPS) is 11.3. The number of pyridine rings is 1. The highest BCUT2D eigenvalue weighted by atomic mass is 19.4. The van der Waals surface area contributed by atoms with E-state index in [9.17, 15) is 22.4 Å². The molecule has 1 amide bonds.